The summed E-state index contributed by atoms with van der Waals surface area (Å²) in [5, 5.41) is 0.133. The van der Waals surface area contributed by atoms with Gasteiger partial charge in [-0.3, -0.25) is 0 Å². The molecule has 0 unspecified atom stereocenters. The molecule has 0 amide bonds. The molecule has 0 saturated carbocycles. The Morgan fingerprint density at radius 1 is 1.06 bits per heavy atom. The summed E-state index contributed by atoms with van der Waals surface area (Å²) in [6.45, 7) is 0. The summed E-state index contributed by atoms with van der Waals surface area (Å²) in [7, 11) is -3.43. The van der Waals surface area contributed by atoms with E-state index in [1.807, 2.05) is 30.3 Å². The quantitative estimate of drug-likeness (QED) is 0.866. The van der Waals surface area contributed by atoms with Crippen LogP contribution in [-0.4, -0.2) is 19.2 Å². The average molecular weight is 282 g/mol. The van der Waals surface area contributed by atoms with E-state index in [0.717, 1.165) is 5.56 Å². The molecular formula is C13H12ClNO2S. The van der Waals surface area contributed by atoms with Crippen molar-refractivity contribution in [2.24, 2.45) is 0 Å². The molecule has 0 saturated heterocycles. The Kier molecular flexibility index (Phi) is 3.99. The minimum Gasteiger partial charge on any atom is -0.243 e. The van der Waals surface area contributed by atoms with Crippen molar-refractivity contribution in [2.75, 3.05) is 5.75 Å². The largest absolute Gasteiger partial charge is 0.243 e. The van der Waals surface area contributed by atoms with E-state index < -0.39 is 9.84 Å². The van der Waals surface area contributed by atoms with Crippen LogP contribution in [0, 0.1) is 0 Å². The van der Waals surface area contributed by atoms with Gasteiger partial charge in [0.15, 0.2) is 14.9 Å². The summed E-state index contributed by atoms with van der Waals surface area (Å²) < 4.78 is 24.2. The molecule has 0 N–H and O–H groups in total. The van der Waals surface area contributed by atoms with Gasteiger partial charge >= 0.3 is 0 Å². The predicted molar refractivity (Wildman–Crippen MR) is 71.4 cm³/mol. The highest BCUT2D eigenvalue weighted by atomic mass is 35.5. The third kappa shape index (κ3) is 3.09. The van der Waals surface area contributed by atoms with Gasteiger partial charge in [-0.1, -0.05) is 41.9 Å². The van der Waals surface area contributed by atoms with Gasteiger partial charge < -0.3 is 0 Å². The van der Waals surface area contributed by atoms with Crippen LogP contribution in [0.15, 0.2) is 53.7 Å². The molecule has 18 heavy (non-hydrogen) atoms. The van der Waals surface area contributed by atoms with Crippen molar-refractivity contribution < 1.29 is 8.42 Å². The second kappa shape index (κ2) is 5.50. The molecule has 0 bridgehead atoms. The monoisotopic (exact) mass is 281 g/mol. The van der Waals surface area contributed by atoms with Gasteiger partial charge in [-0.25, -0.2) is 13.4 Å². The zero-order valence-corrected chi connectivity index (χ0v) is 11.2. The maximum Gasteiger partial charge on any atom is 0.197 e. The lowest BCUT2D eigenvalue weighted by Gasteiger charge is -2.05. The van der Waals surface area contributed by atoms with Crippen LogP contribution in [0.5, 0.6) is 0 Å². The van der Waals surface area contributed by atoms with Crippen LogP contribution in [0.1, 0.15) is 5.56 Å². The first-order valence-corrected chi connectivity index (χ1v) is 7.50. The second-order valence-corrected chi connectivity index (χ2v) is 6.28. The lowest BCUT2D eigenvalue weighted by molar-refractivity contribution is 0.591. The zero-order valence-electron chi connectivity index (χ0n) is 9.58. The maximum atomic E-state index is 12.1. The van der Waals surface area contributed by atoms with Crippen LogP contribution < -0.4 is 0 Å². The molecule has 0 aliphatic heterocycles. The maximum absolute atomic E-state index is 12.1. The first kappa shape index (κ1) is 13.1. The van der Waals surface area contributed by atoms with Crippen molar-refractivity contribution >= 4 is 21.4 Å². The molecule has 94 valence electrons. The number of hydrogen-bond donors (Lipinski definition) is 0. The summed E-state index contributed by atoms with van der Waals surface area (Å²) >= 11 is 5.85. The molecule has 1 aromatic heterocycles. The Labute approximate surface area is 111 Å². The number of aromatic nitrogens is 1. The minimum absolute atomic E-state index is 0.00769. The summed E-state index contributed by atoms with van der Waals surface area (Å²) in [6, 6.07) is 12.6. The van der Waals surface area contributed by atoms with Crippen molar-refractivity contribution in [2.45, 2.75) is 11.4 Å². The first-order chi connectivity index (χ1) is 8.59. The number of rotatable bonds is 4. The van der Waals surface area contributed by atoms with E-state index >= 15 is 0 Å². The van der Waals surface area contributed by atoms with E-state index in [1.54, 1.807) is 6.07 Å². The molecule has 3 nitrogen and oxygen atoms in total. The normalized spacial score (nSPS) is 11.4. The number of halogens is 1. The third-order valence-electron chi connectivity index (χ3n) is 2.52. The molecule has 1 aromatic carbocycles. The van der Waals surface area contributed by atoms with Crippen molar-refractivity contribution in [1.82, 2.24) is 4.98 Å². The molecule has 5 heteroatoms. The van der Waals surface area contributed by atoms with Gasteiger partial charge in [-0.15, -0.1) is 0 Å². The molecule has 0 spiro atoms. The van der Waals surface area contributed by atoms with E-state index in [0.29, 0.717) is 6.42 Å². The van der Waals surface area contributed by atoms with E-state index in [2.05, 4.69) is 4.98 Å². The molecule has 0 radical (unpaired) electrons. The second-order valence-electron chi connectivity index (χ2n) is 3.84. The molecule has 2 aromatic rings. The fourth-order valence-electron chi connectivity index (χ4n) is 1.59. The molecular weight excluding hydrogens is 270 g/mol. The van der Waals surface area contributed by atoms with Crippen molar-refractivity contribution in [3.63, 3.8) is 0 Å². The Balaban J connectivity index is 2.16. The molecule has 1 heterocycles. The first-order valence-electron chi connectivity index (χ1n) is 5.47. The molecule has 0 fully saturated rings. The highest BCUT2D eigenvalue weighted by molar-refractivity contribution is 7.91. The highest BCUT2D eigenvalue weighted by Crippen LogP contribution is 2.19. The van der Waals surface area contributed by atoms with E-state index in [-0.39, 0.29) is 15.8 Å². The summed E-state index contributed by atoms with van der Waals surface area (Å²) in [5.41, 5.74) is 0.980. The zero-order chi connectivity index (χ0) is 13.0. The van der Waals surface area contributed by atoms with E-state index in [1.165, 1.54) is 12.3 Å². The summed E-state index contributed by atoms with van der Waals surface area (Å²) in [6.07, 6.45) is 1.89. The van der Waals surface area contributed by atoms with Crippen LogP contribution in [0.25, 0.3) is 0 Å². The lowest BCUT2D eigenvalue weighted by Crippen LogP contribution is -2.11. The lowest BCUT2D eigenvalue weighted by atomic mass is 10.2. The van der Waals surface area contributed by atoms with Gasteiger partial charge in [-0.05, 0) is 24.1 Å². The SMILES string of the molecule is O=S(=O)(CCc1ccccc1)c1ncccc1Cl. The number of hydrogen-bond acceptors (Lipinski definition) is 3. The van der Waals surface area contributed by atoms with Crippen LogP contribution in [0.2, 0.25) is 5.02 Å². The molecule has 0 atom stereocenters. The van der Waals surface area contributed by atoms with Gasteiger partial charge in [0.2, 0.25) is 0 Å². The summed E-state index contributed by atoms with van der Waals surface area (Å²) in [4.78, 5) is 3.84. The Hall–Kier alpha value is -1.39. The van der Waals surface area contributed by atoms with Crippen LogP contribution in [0.3, 0.4) is 0 Å². The predicted octanol–water partition coefficient (Wildman–Crippen LogP) is 2.75. The summed E-state index contributed by atoms with van der Waals surface area (Å²) in [5.74, 6) is 0.00769. The Morgan fingerprint density at radius 3 is 2.44 bits per heavy atom. The van der Waals surface area contributed by atoms with Gasteiger partial charge in [-0.2, -0.15) is 0 Å². The molecule has 0 aliphatic carbocycles. The number of sulfone groups is 1. The molecule has 0 aliphatic rings. The van der Waals surface area contributed by atoms with E-state index in [4.69, 9.17) is 11.6 Å². The van der Waals surface area contributed by atoms with Crippen LogP contribution in [0.4, 0.5) is 0 Å². The number of benzene rings is 1. The topological polar surface area (TPSA) is 47.0 Å². The minimum atomic E-state index is -3.43. The van der Waals surface area contributed by atoms with Crippen LogP contribution in [-0.2, 0) is 16.3 Å². The van der Waals surface area contributed by atoms with Gasteiger partial charge in [0.25, 0.3) is 0 Å². The Bertz CT molecular complexity index is 626. The van der Waals surface area contributed by atoms with E-state index in [9.17, 15) is 8.42 Å². The van der Waals surface area contributed by atoms with Gasteiger partial charge in [0.05, 0.1) is 10.8 Å². The van der Waals surface area contributed by atoms with Gasteiger partial charge in [0, 0.05) is 6.20 Å². The number of pyridine rings is 1. The smallest absolute Gasteiger partial charge is 0.197 e. The third-order valence-corrected chi connectivity index (χ3v) is 4.59. The standard InChI is InChI=1S/C13H12ClNO2S/c14-12-7-4-9-15-13(12)18(16,17)10-8-11-5-2-1-3-6-11/h1-7,9H,8,10H2. The fourth-order valence-corrected chi connectivity index (χ4v) is 3.35. The number of nitrogens with zero attached hydrogens (tertiary/aromatic N) is 1. The van der Waals surface area contributed by atoms with Gasteiger partial charge in [0.1, 0.15) is 0 Å². The molecule has 2 rings (SSSR count). The average Bonchev–Trinajstić information content (AvgIpc) is 2.38. The van der Waals surface area contributed by atoms with Crippen LogP contribution >= 0.6 is 11.6 Å². The van der Waals surface area contributed by atoms with Crippen molar-refractivity contribution in [3.8, 4) is 0 Å². The fraction of sp³-hybridized carbons (Fsp3) is 0.154. The van der Waals surface area contributed by atoms with Crippen molar-refractivity contribution in [1.29, 1.82) is 0 Å². The van der Waals surface area contributed by atoms with Crippen molar-refractivity contribution in [3.05, 3.63) is 59.2 Å². The highest BCUT2D eigenvalue weighted by Gasteiger charge is 2.19. The number of aryl methyl sites for hydroxylation is 1. The Morgan fingerprint density at radius 2 is 1.78 bits per heavy atom.